The summed E-state index contributed by atoms with van der Waals surface area (Å²) in [6, 6.07) is 10.0. The van der Waals surface area contributed by atoms with Gasteiger partial charge in [-0.15, -0.1) is 0 Å². The average Bonchev–Trinajstić information content (AvgIpc) is 2.67. The first-order valence-electron chi connectivity index (χ1n) is 9.75. The molecule has 6 nitrogen and oxygen atoms in total. The highest BCUT2D eigenvalue weighted by molar-refractivity contribution is 7.86. The largest absolute Gasteiger partial charge is 0.416 e. The SMILES string of the molecule is Cc1ccc(C)c(CN2CCCN(CC(=O)Nc3cccc(C(F)(F)F)c3)S2(=O)=O)c1. The number of carbonyl (C=O) groups excluding carboxylic acids is 1. The third kappa shape index (κ3) is 5.63. The van der Waals surface area contributed by atoms with Crippen molar-refractivity contribution >= 4 is 21.8 Å². The van der Waals surface area contributed by atoms with Gasteiger partial charge in [-0.2, -0.15) is 30.2 Å². The molecule has 1 fully saturated rings. The lowest BCUT2D eigenvalue weighted by Crippen LogP contribution is -2.51. The lowest BCUT2D eigenvalue weighted by atomic mass is 10.1. The van der Waals surface area contributed by atoms with Gasteiger partial charge in [0.15, 0.2) is 0 Å². The summed E-state index contributed by atoms with van der Waals surface area (Å²) in [6.45, 7) is 4.07. The molecule has 31 heavy (non-hydrogen) atoms. The summed E-state index contributed by atoms with van der Waals surface area (Å²) < 4.78 is 67.0. The smallest absolute Gasteiger partial charge is 0.325 e. The molecule has 1 aliphatic heterocycles. The van der Waals surface area contributed by atoms with Crippen molar-refractivity contribution in [2.75, 3.05) is 25.0 Å². The van der Waals surface area contributed by atoms with E-state index in [-0.39, 0.29) is 18.8 Å². The molecule has 0 unspecified atom stereocenters. The molecule has 0 saturated carbocycles. The summed E-state index contributed by atoms with van der Waals surface area (Å²) >= 11 is 0. The van der Waals surface area contributed by atoms with Gasteiger partial charge in [0.2, 0.25) is 5.91 Å². The van der Waals surface area contributed by atoms with Gasteiger partial charge in [-0.1, -0.05) is 29.8 Å². The molecular weight excluding hydrogens is 431 g/mol. The minimum Gasteiger partial charge on any atom is -0.325 e. The highest BCUT2D eigenvalue weighted by Crippen LogP contribution is 2.30. The van der Waals surface area contributed by atoms with Crippen molar-refractivity contribution in [1.29, 1.82) is 0 Å². The van der Waals surface area contributed by atoms with Gasteiger partial charge < -0.3 is 5.32 Å². The first-order chi connectivity index (χ1) is 14.5. The molecule has 0 aliphatic carbocycles. The summed E-state index contributed by atoms with van der Waals surface area (Å²) in [5.74, 6) is -0.698. The highest BCUT2D eigenvalue weighted by Gasteiger charge is 2.35. The van der Waals surface area contributed by atoms with Crippen molar-refractivity contribution in [2.45, 2.75) is 33.0 Å². The van der Waals surface area contributed by atoms with Crippen LogP contribution in [0.2, 0.25) is 0 Å². The van der Waals surface area contributed by atoms with E-state index in [4.69, 9.17) is 0 Å². The summed E-state index contributed by atoms with van der Waals surface area (Å²) in [5, 5.41) is 2.36. The first-order valence-corrected chi connectivity index (χ1v) is 11.1. The third-order valence-corrected chi connectivity index (χ3v) is 7.04. The number of nitrogens with zero attached hydrogens (tertiary/aromatic N) is 2. The normalized spacial score (nSPS) is 17.5. The van der Waals surface area contributed by atoms with Crippen LogP contribution in [0.4, 0.5) is 18.9 Å². The first kappa shape index (κ1) is 23.2. The van der Waals surface area contributed by atoms with Crippen molar-refractivity contribution in [3.63, 3.8) is 0 Å². The van der Waals surface area contributed by atoms with Crippen molar-refractivity contribution < 1.29 is 26.4 Å². The fourth-order valence-electron chi connectivity index (χ4n) is 3.43. The average molecular weight is 456 g/mol. The number of nitrogens with one attached hydrogen (secondary N) is 1. The van der Waals surface area contributed by atoms with Gasteiger partial charge in [0.25, 0.3) is 10.2 Å². The summed E-state index contributed by atoms with van der Waals surface area (Å²) in [6.07, 6.45) is -3.99. The molecule has 1 N–H and O–H groups in total. The van der Waals surface area contributed by atoms with Crippen molar-refractivity contribution in [3.05, 3.63) is 64.7 Å². The van der Waals surface area contributed by atoms with E-state index in [0.717, 1.165) is 33.1 Å². The zero-order valence-corrected chi connectivity index (χ0v) is 18.1. The topological polar surface area (TPSA) is 69.7 Å². The number of hydrogen-bond donors (Lipinski definition) is 1. The predicted molar refractivity (Wildman–Crippen MR) is 112 cm³/mol. The van der Waals surface area contributed by atoms with Crippen LogP contribution in [-0.4, -0.2) is 42.6 Å². The Balaban J connectivity index is 1.70. The molecule has 1 aliphatic rings. The number of alkyl halides is 3. The minimum atomic E-state index is -4.54. The van der Waals surface area contributed by atoms with E-state index >= 15 is 0 Å². The van der Waals surface area contributed by atoms with Gasteiger partial charge in [-0.05, 0) is 49.6 Å². The van der Waals surface area contributed by atoms with E-state index in [9.17, 15) is 26.4 Å². The van der Waals surface area contributed by atoms with Gasteiger partial charge in [-0.3, -0.25) is 4.79 Å². The number of halogens is 3. The molecular formula is C21H24F3N3O3S. The Morgan fingerprint density at radius 1 is 1.06 bits per heavy atom. The fourth-order valence-corrected chi connectivity index (χ4v) is 5.06. The summed E-state index contributed by atoms with van der Waals surface area (Å²) in [4.78, 5) is 12.4. The Hall–Kier alpha value is -2.43. The molecule has 0 bridgehead atoms. The van der Waals surface area contributed by atoms with Crippen LogP contribution in [0.15, 0.2) is 42.5 Å². The third-order valence-electron chi connectivity index (χ3n) is 5.11. The van der Waals surface area contributed by atoms with Gasteiger partial charge in [-0.25, -0.2) is 0 Å². The van der Waals surface area contributed by atoms with Crippen LogP contribution in [0.25, 0.3) is 0 Å². The molecule has 1 saturated heterocycles. The number of anilines is 1. The van der Waals surface area contributed by atoms with Gasteiger partial charge >= 0.3 is 6.18 Å². The second-order valence-electron chi connectivity index (χ2n) is 7.59. The maximum Gasteiger partial charge on any atom is 0.416 e. The molecule has 0 aromatic heterocycles. The lowest BCUT2D eigenvalue weighted by Gasteiger charge is -2.34. The molecule has 0 atom stereocenters. The van der Waals surface area contributed by atoms with E-state index < -0.39 is 34.4 Å². The maximum atomic E-state index is 13.0. The minimum absolute atomic E-state index is 0.0403. The molecule has 0 radical (unpaired) electrons. The number of hydrogen-bond acceptors (Lipinski definition) is 3. The van der Waals surface area contributed by atoms with Crippen LogP contribution in [-0.2, 0) is 27.7 Å². The molecule has 1 amide bonds. The number of benzene rings is 2. The van der Waals surface area contributed by atoms with Crippen molar-refractivity contribution in [1.82, 2.24) is 8.61 Å². The second-order valence-corrected chi connectivity index (χ2v) is 9.51. The molecule has 0 spiro atoms. The zero-order chi connectivity index (χ0) is 22.8. The van der Waals surface area contributed by atoms with E-state index in [0.29, 0.717) is 13.0 Å². The van der Waals surface area contributed by atoms with Crippen LogP contribution in [0.1, 0.15) is 28.7 Å². The summed E-state index contributed by atoms with van der Waals surface area (Å²) in [7, 11) is -3.89. The zero-order valence-electron chi connectivity index (χ0n) is 17.2. The molecule has 1 heterocycles. The Morgan fingerprint density at radius 3 is 2.48 bits per heavy atom. The Labute approximate surface area is 179 Å². The maximum absolute atomic E-state index is 13.0. The van der Waals surface area contributed by atoms with Crippen LogP contribution >= 0.6 is 0 Å². The fraction of sp³-hybridized carbons (Fsp3) is 0.381. The molecule has 3 rings (SSSR count). The van der Waals surface area contributed by atoms with Crippen LogP contribution in [0.3, 0.4) is 0 Å². The van der Waals surface area contributed by atoms with E-state index in [2.05, 4.69) is 5.32 Å². The number of aryl methyl sites for hydroxylation is 2. The highest BCUT2D eigenvalue weighted by atomic mass is 32.2. The van der Waals surface area contributed by atoms with E-state index in [1.165, 1.54) is 16.4 Å². The molecule has 2 aromatic carbocycles. The predicted octanol–water partition coefficient (Wildman–Crippen LogP) is 3.71. The molecule has 168 valence electrons. The van der Waals surface area contributed by atoms with Crippen molar-refractivity contribution in [2.24, 2.45) is 0 Å². The van der Waals surface area contributed by atoms with Crippen LogP contribution in [0.5, 0.6) is 0 Å². The number of rotatable bonds is 5. The van der Waals surface area contributed by atoms with E-state index in [1.807, 2.05) is 32.0 Å². The Bertz CT molecular complexity index is 1070. The second kappa shape index (κ2) is 8.97. The number of carbonyl (C=O) groups is 1. The molecule has 2 aromatic rings. The Kier molecular flexibility index (Phi) is 6.73. The van der Waals surface area contributed by atoms with Crippen LogP contribution < -0.4 is 5.32 Å². The standard InChI is InChI=1S/C21H24F3N3O3S/c1-15-7-8-16(2)17(11-15)13-26-9-4-10-27(31(26,29)30)14-20(28)25-19-6-3-5-18(12-19)21(22,23)24/h3,5-8,11-12H,4,9-10,13-14H2,1-2H3,(H,25,28). The van der Waals surface area contributed by atoms with Gasteiger partial charge in [0.05, 0.1) is 12.1 Å². The van der Waals surface area contributed by atoms with Gasteiger partial charge in [0.1, 0.15) is 0 Å². The monoisotopic (exact) mass is 455 g/mol. The van der Waals surface area contributed by atoms with E-state index in [1.54, 1.807) is 0 Å². The molecule has 10 heteroatoms. The quantitative estimate of drug-likeness (QED) is 0.747. The Morgan fingerprint density at radius 2 is 1.77 bits per heavy atom. The summed E-state index contributed by atoms with van der Waals surface area (Å²) in [5.41, 5.74) is 1.95. The van der Waals surface area contributed by atoms with Crippen molar-refractivity contribution in [3.8, 4) is 0 Å². The lowest BCUT2D eigenvalue weighted by molar-refractivity contribution is -0.137. The van der Waals surface area contributed by atoms with Crippen LogP contribution in [0, 0.1) is 13.8 Å². The van der Waals surface area contributed by atoms with Gasteiger partial charge in [0, 0.05) is 25.3 Å². The number of amides is 1.